The number of hydrogen-bond donors (Lipinski definition) is 2. The van der Waals surface area contributed by atoms with Crippen LogP contribution in [0.25, 0.3) is 5.95 Å². The first-order valence-electron chi connectivity index (χ1n) is 6.33. The first-order valence-corrected chi connectivity index (χ1v) is 6.33. The predicted octanol–water partition coefficient (Wildman–Crippen LogP) is 0.219. The zero-order chi connectivity index (χ0) is 14.7. The van der Waals surface area contributed by atoms with Crippen molar-refractivity contribution in [1.29, 1.82) is 0 Å². The highest BCUT2D eigenvalue weighted by molar-refractivity contribution is 5.39. The van der Waals surface area contributed by atoms with Crippen molar-refractivity contribution in [2.45, 2.75) is 26.8 Å². The van der Waals surface area contributed by atoms with Crippen LogP contribution in [0.4, 0.5) is 11.9 Å². The van der Waals surface area contributed by atoms with E-state index in [2.05, 4.69) is 51.2 Å². The van der Waals surface area contributed by atoms with Crippen LogP contribution in [0, 0.1) is 5.92 Å². The summed E-state index contributed by atoms with van der Waals surface area (Å²) in [6.07, 6.45) is 2.94. The molecule has 0 fully saturated rings. The summed E-state index contributed by atoms with van der Waals surface area (Å²) in [5.74, 6) is 7.04. The SMILES string of the molecule is CC(C)C(C)N(C)c1nc(NN)nc(-n2cncn2)n1. The van der Waals surface area contributed by atoms with E-state index in [0.29, 0.717) is 17.8 Å². The topological polar surface area (TPSA) is 111 Å². The molecular formula is C11H19N9. The Bertz CT molecular complexity index is 551. The normalized spacial score (nSPS) is 12.5. The van der Waals surface area contributed by atoms with Crippen molar-refractivity contribution >= 4 is 11.9 Å². The van der Waals surface area contributed by atoms with Crippen molar-refractivity contribution in [3.63, 3.8) is 0 Å². The Kier molecular flexibility index (Phi) is 4.08. The summed E-state index contributed by atoms with van der Waals surface area (Å²) >= 11 is 0. The molecule has 0 spiro atoms. The highest BCUT2D eigenvalue weighted by Crippen LogP contribution is 2.17. The molecule has 20 heavy (non-hydrogen) atoms. The summed E-state index contributed by atoms with van der Waals surface area (Å²) < 4.78 is 1.46. The van der Waals surface area contributed by atoms with Gasteiger partial charge in [-0.3, -0.25) is 5.43 Å². The molecule has 0 aromatic carbocycles. The van der Waals surface area contributed by atoms with Gasteiger partial charge in [-0.1, -0.05) is 13.8 Å². The fourth-order valence-corrected chi connectivity index (χ4v) is 1.62. The molecule has 0 radical (unpaired) electrons. The second kappa shape index (κ2) is 5.78. The van der Waals surface area contributed by atoms with Gasteiger partial charge in [0.2, 0.25) is 11.9 Å². The van der Waals surface area contributed by atoms with Gasteiger partial charge in [-0.05, 0) is 12.8 Å². The number of hydrogen-bond acceptors (Lipinski definition) is 8. The maximum absolute atomic E-state index is 5.41. The molecule has 2 aromatic rings. The van der Waals surface area contributed by atoms with E-state index in [1.54, 1.807) is 0 Å². The minimum atomic E-state index is 0.270. The molecular weight excluding hydrogens is 258 g/mol. The van der Waals surface area contributed by atoms with Crippen molar-refractivity contribution in [1.82, 2.24) is 29.7 Å². The third-order valence-electron chi connectivity index (χ3n) is 3.26. The second-order valence-electron chi connectivity index (χ2n) is 4.84. The van der Waals surface area contributed by atoms with Crippen LogP contribution in [0.3, 0.4) is 0 Å². The van der Waals surface area contributed by atoms with Crippen LogP contribution < -0.4 is 16.2 Å². The van der Waals surface area contributed by atoms with Crippen molar-refractivity contribution in [2.24, 2.45) is 11.8 Å². The van der Waals surface area contributed by atoms with Crippen molar-refractivity contribution in [3.05, 3.63) is 12.7 Å². The Morgan fingerprint density at radius 3 is 2.55 bits per heavy atom. The van der Waals surface area contributed by atoms with Gasteiger partial charge in [0.25, 0.3) is 5.95 Å². The lowest BCUT2D eigenvalue weighted by molar-refractivity contribution is 0.498. The molecule has 0 saturated carbocycles. The van der Waals surface area contributed by atoms with E-state index in [1.165, 1.54) is 17.3 Å². The minimum absolute atomic E-state index is 0.270. The van der Waals surface area contributed by atoms with Crippen LogP contribution in [0.1, 0.15) is 20.8 Å². The zero-order valence-corrected chi connectivity index (χ0v) is 12.0. The predicted molar refractivity (Wildman–Crippen MR) is 75.3 cm³/mol. The van der Waals surface area contributed by atoms with E-state index < -0.39 is 0 Å². The molecule has 0 saturated heterocycles. The van der Waals surface area contributed by atoms with Crippen molar-refractivity contribution in [2.75, 3.05) is 17.4 Å². The van der Waals surface area contributed by atoms with Gasteiger partial charge in [0.15, 0.2) is 0 Å². The van der Waals surface area contributed by atoms with E-state index in [9.17, 15) is 0 Å². The number of anilines is 2. The quantitative estimate of drug-likeness (QED) is 0.589. The van der Waals surface area contributed by atoms with Crippen LogP contribution in [0.5, 0.6) is 0 Å². The number of nitrogens with one attached hydrogen (secondary N) is 1. The fourth-order valence-electron chi connectivity index (χ4n) is 1.62. The van der Waals surface area contributed by atoms with Gasteiger partial charge in [0, 0.05) is 13.1 Å². The Hall–Kier alpha value is -2.29. The van der Waals surface area contributed by atoms with Crippen LogP contribution in [0.2, 0.25) is 0 Å². The molecule has 2 heterocycles. The number of nitrogens with two attached hydrogens (primary N) is 1. The Labute approximate surface area is 117 Å². The molecule has 3 N–H and O–H groups in total. The molecule has 0 aliphatic rings. The van der Waals surface area contributed by atoms with E-state index in [-0.39, 0.29) is 12.0 Å². The lowest BCUT2D eigenvalue weighted by atomic mass is 10.1. The lowest BCUT2D eigenvalue weighted by Gasteiger charge is -2.28. The first kappa shape index (κ1) is 14.1. The summed E-state index contributed by atoms with van der Waals surface area (Å²) in [4.78, 5) is 18.7. The number of rotatable bonds is 5. The zero-order valence-electron chi connectivity index (χ0n) is 12.0. The summed E-state index contributed by atoms with van der Waals surface area (Å²) in [6.45, 7) is 6.39. The molecule has 2 aromatic heterocycles. The monoisotopic (exact) mass is 277 g/mol. The first-order chi connectivity index (χ1) is 9.52. The lowest BCUT2D eigenvalue weighted by Crippen LogP contribution is -2.35. The molecule has 2 rings (SSSR count). The molecule has 0 aliphatic heterocycles. The maximum Gasteiger partial charge on any atom is 0.258 e. The largest absolute Gasteiger partial charge is 0.341 e. The van der Waals surface area contributed by atoms with Crippen LogP contribution in [0.15, 0.2) is 12.7 Å². The standard InChI is InChI=1S/C11H19N9/c1-7(2)8(3)19(4)10-15-9(18-12)16-11(17-10)20-6-13-5-14-20/h5-8H,12H2,1-4H3,(H,15,16,17,18). The number of nitrogens with zero attached hydrogens (tertiary/aromatic N) is 7. The van der Waals surface area contributed by atoms with Crippen molar-refractivity contribution in [3.8, 4) is 5.95 Å². The third-order valence-corrected chi connectivity index (χ3v) is 3.26. The maximum atomic E-state index is 5.41. The summed E-state index contributed by atoms with van der Waals surface area (Å²) in [7, 11) is 1.94. The fraction of sp³-hybridized carbons (Fsp3) is 0.545. The van der Waals surface area contributed by atoms with Gasteiger partial charge in [0.05, 0.1) is 0 Å². The number of nitrogen functional groups attached to an aromatic ring is 1. The van der Waals surface area contributed by atoms with Gasteiger partial charge >= 0.3 is 0 Å². The third kappa shape index (κ3) is 2.82. The molecule has 1 unspecified atom stereocenters. The van der Waals surface area contributed by atoms with Crippen LogP contribution in [-0.2, 0) is 0 Å². The van der Waals surface area contributed by atoms with E-state index in [4.69, 9.17) is 5.84 Å². The molecule has 9 heteroatoms. The molecule has 0 amide bonds. The Morgan fingerprint density at radius 2 is 2.00 bits per heavy atom. The summed E-state index contributed by atoms with van der Waals surface area (Å²) in [5.41, 5.74) is 2.44. The van der Waals surface area contributed by atoms with Gasteiger partial charge < -0.3 is 4.90 Å². The van der Waals surface area contributed by atoms with E-state index >= 15 is 0 Å². The second-order valence-corrected chi connectivity index (χ2v) is 4.84. The molecule has 1 atom stereocenters. The van der Waals surface area contributed by atoms with Gasteiger partial charge in [0.1, 0.15) is 12.7 Å². The molecule has 0 aliphatic carbocycles. The average Bonchev–Trinajstić information content (AvgIpc) is 2.99. The smallest absolute Gasteiger partial charge is 0.258 e. The van der Waals surface area contributed by atoms with Crippen molar-refractivity contribution < 1.29 is 0 Å². The highest BCUT2D eigenvalue weighted by atomic mass is 15.4. The number of hydrazine groups is 1. The van der Waals surface area contributed by atoms with E-state index in [0.717, 1.165) is 0 Å². The van der Waals surface area contributed by atoms with E-state index in [1.807, 2.05) is 11.9 Å². The molecule has 108 valence electrons. The Morgan fingerprint density at radius 1 is 1.25 bits per heavy atom. The van der Waals surface area contributed by atoms with Gasteiger partial charge in [-0.2, -0.15) is 24.7 Å². The van der Waals surface area contributed by atoms with Gasteiger partial charge in [-0.25, -0.2) is 10.8 Å². The summed E-state index contributed by atoms with van der Waals surface area (Å²) in [5, 5.41) is 4.01. The van der Waals surface area contributed by atoms with Crippen LogP contribution in [-0.4, -0.2) is 42.8 Å². The van der Waals surface area contributed by atoms with Crippen LogP contribution >= 0.6 is 0 Å². The molecule has 0 bridgehead atoms. The van der Waals surface area contributed by atoms with Gasteiger partial charge in [-0.15, -0.1) is 0 Å². The molecule has 9 nitrogen and oxygen atoms in total. The minimum Gasteiger partial charge on any atom is -0.341 e. The number of aromatic nitrogens is 6. The average molecular weight is 277 g/mol. The Balaban J connectivity index is 2.41. The highest BCUT2D eigenvalue weighted by Gasteiger charge is 2.18. The summed E-state index contributed by atoms with van der Waals surface area (Å²) in [6, 6.07) is 0.270.